The van der Waals surface area contributed by atoms with Gasteiger partial charge in [0.25, 0.3) is 0 Å². The fourth-order valence-electron chi connectivity index (χ4n) is 3.28. The van der Waals surface area contributed by atoms with Gasteiger partial charge in [0.15, 0.2) is 11.5 Å². The molecule has 0 bridgehead atoms. The molecule has 2 aliphatic rings. The highest BCUT2D eigenvalue weighted by Gasteiger charge is 2.26. The first-order valence-corrected chi connectivity index (χ1v) is 7.91. The van der Waals surface area contributed by atoms with Crippen LogP contribution in [-0.2, 0) is 0 Å². The number of piperazine rings is 1. The standard InChI is InChI=1S/C18H19FN2O2/c19-15-4-1-13(2-5-15)18(21-9-7-20-8-10-21)14-3-6-16-17(11-14)23-12-22-16/h1-6,11,18,20H,7-10,12H2. The summed E-state index contributed by atoms with van der Waals surface area (Å²) >= 11 is 0. The summed E-state index contributed by atoms with van der Waals surface area (Å²) in [5.74, 6) is 1.36. The van der Waals surface area contributed by atoms with Gasteiger partial charge in [0.05, 0.1) is 6.04 Å². The maximum Gasteiger partial charge on any atom is 0.231 e. The monoisotopic (exact) mass is 314 g/mol. The van der Waals surface area contributed by atoms with Crippen LogP contribution in [0.5, 0.6) is 11.5 Å². The maximum atomic E-state index is 13.3. The van der Waals surface area contributed by atoms with Crippen molar-refractivity contribution in [3.63, 3.8) is 0 Å². The number of nitrogens with one attached hydrogen (secondary N) is 1. The minimum Gasteiger partial charge on any atom is -0.454 e. The number of fused-ring (bicyclic) bond motifs is 1. The van der Waals surface area contributed by atoms with Crippen molar-refractivity contribution in [3.05, 3.63) is 59.4 Å². The number of rotatable bonds is 3. The molecule has 1 N–H and O–H groups in total. The van der Waals surface area contributed by atoms with E-state index in [-0.39, 0.29) is 18.7 Å². The highest BCUT2D eigenvalue weighted by molar-refractivity contribution is 5.47. The van der Waals surface area contributed by atoms with Gasteiger partial charge in [-0.15, -0.1) is 0 Å². The predicted molar refractivity (Wildman–Crippen MR) is 85.3 cm³/mol. The molecule has 1 unspecified atom stereocenters. The van der Waals surface area contributed by atoms with E-state index in [0.717, 1.165) is 48.8 Å². The van der Waals surface area contributed by atoms with Gasteiger partial charge in [0.2, 0.25) is 6.79 Å². The third-order valence-electron chi connectivity index (χ3n) is 4.41. The van der Waals surface area contributed by atoms with Crippen molar-refractivity contribution >= 4 is 0 Å². The molecule has 120 valence electrons. The lowest BCUT2D eigenvalue weighted by molar-refractivity contribution is 0.173. The van der Waals surface area contributed by atoms with Crippen molar-refractivity contribution < 1.29 is 13.9 Å². The normalized spacial score (nSPS) is 18.8. The Morgan fingerprint density at radius 3 is 2.39 bits per heavy atom. The van der Waals surface area contributed by atoms with E-state index in [2.05, 4.69) is 16.3 Å². The van der Waals surface area contributed by atoms with Gasteiger partial charge in [-0.1, -0.05) is 18.2 Å². The molecule has 0 amide bonds. The fraction of sp³-hybridized carbons (Fsp3) is 0.333. The van der Waals surface area contributed by atoms with Gasteiger partial charge in [0, 0.05) is 26.2 Å². The molecule has 0 saturated carbocycles. The lowest BCUT2D eigenvalue weighted by Crippen LogP contribution is -2.45. The highest BCUT2D eigenvalue weighted by atomic mass is 19.1. The van der Waals surface area contributed by atoms with Gasteiger partial charge in [-0.2, -0.15) is 0 Å². The summed E-state index contributed by atoms with van der Waals surface area (Å²) in [6.07, 6.45) is 0. The predicted octanol–water partition coefficient (Wildman–Crippen LogP) is 2.55. The summed E-state index contributed by atoms with van der Waals surface area (Å²) in [7, 11) is 0. The van der Waals surface area contributed by atoms with Crippen molar-refractivity contribution in [1.29, 1.82) is 0 Å². The van der Waals surface area contributed by atoms with Crippen LogP contribution in [0.2, 0.25) is 0 Å². The van der Waals surface area contributed by atoms with E-state index in [4.69, 9.17) is 9.47 Å². The van der Waals surface area contributed by atoms with Crippen molar-refractivity contribution in [1.82, 2.24) is 10.2 Å². The molecule has 4 nitrogen and oxygen atoms in total. The first-order valence-electron chi connectivity index (χ1n) is 7.91. The quantitative estimate of drug-likeness (QED) is 0.944. The van der Waals surface area contributed by atoms with Gasteiger partial charge in [0.1, 0.15) is 5.82 Å². The van der Waals surface area contributed by atoms with E-state index < -0.39 is 0 Å². The van der Waals surface area contributed by atoms with E-state index >= 15 is 0 Å². The van der Waals surface area contributed by atoms with Crippen LogP contribution in [0.15, 0.2) is 42.5 Å². The van der Waals surface area contributed by atoms with E-state index in [9.17, 15) is 4.39 Å². The maximum absolute atomic E-state index is 13.3. The van der Waals surface area contributed by atoms with E-state index in [0.29, 0.717) is 0 Å². The van der Waals surface area contributed by atoms with Gasteiger partial charge in [-0.25, -0.2) is 4.39 Å². The second-order valence-electron chi connectivity index (χ2n) is 5.85. The van der Waals surface area contributed by atoms with Crippen LogP contribution in [0.3, 0.4) is 0 Å². The molecular weight excluding hydrogens is 295 g/mol. The average molecular weight is 314 g/mol. The Morgan fingerprint density at radius 2 is 1.61 bits per heavy atom. The average Bonchev–Trinajstić information content (AvgIpc) is 3.06. The zero-order valence-electron chi connectivity index (χ0n) is 12.8. The largest absolute Gasteiger partial charge is 0.454 e. The number of benzene rings is 2. The molecule has 1 fully saturated rings. The zero-order chi connectivity index (χ0) is 15.6. The molecule has 1 saturated heterocycles. The molecule has 2 aromatic carbocycles. The molecule has 0 spiro atoms. The van der Waals surface area contributed by atoms with Crippen LogP contribution in [0.1, 0.15) is 17.2 Å². The SMILES string of the molecule is Fc1ccc(C(c2ccc3c(c2)OCO3)N2CCNCC2)cc1. The molecule has 2 heterocycles. The minimum atomic E-state index is -0.210. The number of hydrogen-bond donors (Lipinski definition) is 1. The van der Waals surface area contributed by atoms with Crippen molar-refractivity contribution in [2.75, 3.05) is 33.0 Å². The highest BCUT2D eigenvalue weighted by Crippen LogP contribution is 2.37. The number of ether oxygens (including phenoxy) is 2. The zero-order valence-corrected chi connectivity index (χ0v) is 12.8. The smallest absolute Gasteiger partial charge is 0.231 e. The first kappa shape index (κ1) is 14.5. The molecule has 0 aromatic heterocycles. The fourth-order valence-corrected chi connectivity index (χ4v) is 3.28. The number of nitrogens with zero attached hydrogens (tertiary/aromatic N) is 1. The summed E-state index contributed by atoms with van der Waals surface area (Å²) < 4.78 is 24.2. The Morgan fingerprint density at radius 1 is 0.913 bits per heavy atom. The van der Waals surface area contributed by atoms with Crippen LogP contribution in [0.4, 0.5) is 4.39 Å². The summed E-state index contributed by atoms with van der Waals surface area (Å²) in [6.45, 7) is 4.10. The molecule has 4 rings (SSSR count). The van der Waals surface area contributed by atoms with E-state index in [1.165, 1.54) is 12.1 Å². The molecule has 0 aliphatic carbocycles. The molecule has 0 radical (unpaired) electrons. The molecule has 2 aromatic rings. The van der Waals surface area contributed by atoms with Crippen LogP contribution in [0, 0.1) is 5.82 Å². The number of hydrogen-bond acceptors (Lipinski definition) is 4. The van der Waals surface area contributed by atoms with Gasteiger partial charge in [-0.3, -0.25) is 4.90 Å². The second kappa shape index (κ2) is 6.18. The summed E-state index contributed by atoms with van der Waals surface area (Å²) in [5.41, 5.74) is 2.23. The molecule has 23 heavy (non-hydrogen) atoms. The Bertz CT molecular complexity index is 684. The van der Waals surface area contributed by atoms with Crippen LogP contribution in [0.25, 0.3) is 0 Å². The summed E-state index contributed by atoms with van der Waals surface area (Å²) in [4.78, 5) is 2.42. The second-order valence-corrected chi connectivity index (χ2v) is 5.85. The van der Waals surface area contributed by atoms with Gasteiger partial charge in [-0.05, 0) is 35.4 Å². The summed E-state index contributed by atoms with van der Waals surface area (Å²) in [5, 5.41) is 3.38. The summed E-state index contributed by atoms with van der Waals surface area (Å²) in [6, 6.07) is 12.9. The van der Waals surface area contributed by atoms with E-state index in [1.807, 2.05) is 24.3 Å². The lowest BCUT2D eigenvalue weighted by Gasteiger charge is -2.35. The number of halogens is 1. The third kappa shape index (κ3) is 2.90. The Labute approximate surface area is 134 Å². The topological polar surface area (TPSA) is 33.7 Å². The molecule has 5 heteroatoms. The minimum absolute atomic E-state index is 0.0900. The van der Waals surface area contributed by atoms with Crippen molar-refractivity contribution in [3.8, 4) is 11.5 Å². The van der Waals surface area contributed by atoms with Crippen molar-refractivity contribution in [2.24, 2.45) is 0 Å². The molecule has 1 atom stereocenters. The van der Waals surface area contributed by atoms with Gasteiger partial charge < -0.3 is 14.8 Å². The third-order valence-corrected chi connectivity index (χ3v) is 4.41. The Hall–Kier alpha value is -2.11. The first-order chi connectivity index (χ1) is 11.3. The lowest BCUT2D eigenvalue weighted by atomic mass is 9.96. The van der Waals surface area contributed by atoms with Crippen molar-refractivity contribution in [2.45, 2.75) is 6.04 Å². The Balaban J connectivity index is 1.73. The van der Waals surface area contributed by atoms with Crippen LogP contribution >= 0.6 is 0 Å². The Kier molecular flexibility index (Phi) is 3.89. The molecule has 2 aliphatic heterocycles. The molecular formula is C18H19FN2O2. The van der Waals surface area contributed by atoms with Gasteiger partial charge >= 0.3 is 0 Å². The van der Waals surface area contributed by atoms with Crippen LogP contribution in [-0.4, -0.2) is 37.9 Å². The van der Waals surface area contributed by atoms with Crippen LogP contribution < -0.4 is 14.8 Å². The van der Waals surface area contributed by atoms with E-state index in [1.54, 1.807) is 0 Å².